The summed E-state index contributed by atoms with van der Waals surface area (Å²) in [5, 5.41) is 4.92. The van der Waals surface area contributed by atoms with Crippen LogP contribution in [0.15, 0.2) is 23.6 Å². The molecule has 1 aromatic heterocycles. The first-order chi connectivity index (χ1) is 9.93. The second kappa shape index (κ2) is 6.15. The van der Waals surface area contributed by atoms with Gasteiger partial charge in [-0.1, -0.05) is 11.6 Å². The van der Waals surface area contributed by atoms with Gasteiger partial charge in [-0.2, -0.15) is 0 Å². The van der Waals surface area contributed by atoms with Crippen LogP contribution in [0.1, 0.15) is 25.6 Å². The van der Waals surface area contributed by atoms with Crippen LogP contribution in [0.2, 0.25) is 5.02 Å². The maximum Gasteiger partial charge on any atom is 0.350 e. The molecular weight excluding hydrogens is 312 g/mol. The summed E-state index contributed by atoms with van der Waals surface area (Å²) in [5.41, 5.74) is 7.56. The maximum atomic E-state index is 12.3. The molecule has 0 saturated carbocycles. The first kappa shape index (κ1) is 15.3. The van der Waals surface area contributed by atoms with E-state index in [9.17, 15) is 9.59 Å². The highest BCUT2D eigenvalue weighted by atomic mass is 35.5. The lowest BCUT2D eigenvalue weighted by Gasteiger charge is -2.09. The van der Waals surface area contributed by atoms with Crippen molar-refractivity contribution in [3.63, 3.8) is 0 Å². The van der Waals surface area contributed by atoms with Crippen LogP contribution in [0.25, 0.3) is 0 Å². The van der Waals surface area contributed by atoms with Gasteiger partial charge in [0.05, 0.1) is 18.4 Å². The number of carbonyl (C=O) groups is 2. The fourth-order valence-corrected chi connectivity index (χ4v) is 2.87. The number of halogens is 1. The summed E-state index contributed by atoms with van der Waals surface area (Å²) in [6.45, 7) is 1.80. The highest BCUT2D eigenvalue weighted by Gasteiger charge is 2.20. The average Bonchev–Trinajstić information content (AvgIpc) is 2.79. The summed E-state index contributed by atoms with van der Waals surface area (Å²) in [6, 6.07) is 4.61. The summed E-state index contributed by atoms with van der Waals surface area (Å²) in [5.74, 6) is -0.900. The fraction of sp³-hybridized carbons (Fsp3) is 0.143. The topological polar surface area (TPSA) is 81.4 Å². The SMILES string of the molecule is COC(=O)c1scc(C)c1NC(=O)c1ccc(Cl)cc1N. The number of nitrogens with one attached hydrogen (secondary N) is 1. The molecule has 5 nitrogen and oxygen atoms in total. The Kier molecular flexibility index (Phi) is 4.50. The number of methoxy groups -OCH3 is 1. The Hall–Kier alpha value is -2.05. The number of hydrogen-bond donors (Lipinski definition) is 2. The van der Waals surface area contributed by atoms with Crippen molar-refractivity contribution in [3.8, 4) is 0 Å². The Balaban J connectivity index is 2.32. The van der Waals surface area contributed by atoms with Gasteiger partial charge in [-0.25, -0.2) is 4.79 Å². The molecule has 0 unspecified atom stereocenters. The molecule has 21 heavy (non-hydrogen) atoms. The number of benzene rings is 1. The predicted octanol–water partition coefficient (Wildman–Crippen LogP) is 3.33. The van der Waals surface area contributed by atoms with Crippen molar-refractivity contribution in [1.29, 1.82) is 0 Å². The molecule has 2 aromatic rings. The normalized spacial score (nSPS) is 10.2. The van der Waals surface area contributed by atoms with E-state index in [1.807, 2.05) is 0 Å². The number of thiophene rings is 1. The van der Waals surface area contributed by atoms with Gasteiger partial charge in [0, 0.05) is 10.7 Å². The monoisotopic (exact) mass is 324 g/mol. The second-order valence-corrected chi connectivity index (χ2v) is 5.62. The summed E-state index contributed by atoms with van der Waals surface area (Å²) in [6.07, 6.45) is 0. The molecular formula is C14H13ClN2O3S. The van der Waals surface area contributed by atoms with E-state index in [1.54, 1.807) is 18.4 Å². The van der Waals surface area contributed by atoms with E-state index in [-0.39, 0.29) is 5.69 Å². The Morgan fingerprint density at radius 3 is 2.71 bits per heavy atom. The zero-order valence-electron chi connectivity index (χ0n) is 11.4. The lowest BCUT2D eigenvalue weighted by molar-refractivity contribution is 0.0607. The molecule has 0 saturated heterocycles. The number of anilines is 2. The van der Waals surface area contributed by atoms with Crippen molar-refractivity contribution >= 4 is 46.2 Å². The average molecular weight is 325 g/mol. The van der Waals surface area contributed by atoms with E-state index in [1.165, 1.54) is 30.6 Å². The van der Waals surface area contributed by atoms with Gasteiger partial charge in [-0.05, 0) is 36.1 Å². The van der Waals surface area contributed by atoms with E-state index in [0.29, 0.717) is 21.2 Å². The van der Waals surface area contributed by atoms with E-state index < -0.39 is 11.9 Å². The Morgan fingerprint density at radius 2 is 2.10 bits per heavy atom. The molecule has 7 heteroatoms. The van der Waals surface area contributed by atoms with E-state index in [2.05, 4.69) is 5.32 Å². The molecule has 0 atom stereocenters. The highest BCUT2D eigenvalue weighted by Crippen LogP contribution is 2.29. The molecule has 0 radical (unpaired) electrons. The van der Waals surface area contributed by atoms with Crippen LogP contribution < -0.4 is 11.1 Å². The molecule has 1 heterocycles. The van der Waals surface area contributed by atoms with Crippen molar-refractivity contribution in [2.45, 2.75) is 6.92 Å². The molecule has 3 N–H and O–H groups in total. The van der Waals surface area contributed by atoms with Crippen molar-refractivity contribution in [2.24, 2.45) is 0 Å². The van der Waals surface area contributed by atoms with Crippen LogP contribution >= 0.6 is 22.9 Å². The third-order valence-electron chi connectivity index (χ3n) is 2.84. The van der Waals surface area contributed by atoms with Gasteiger partial charge in [0.15, 0.2) is 0 Å². The second-order valence-electron chi connectivity index (χ2n) is 4.30. The van der Waals surface area contributed by atoms with Crippen LogP contribution in [-0.4, -0.2) is 19.0 Å². The molecule has 1 amide bonds. The fourth-order valence-electron chi connectivity index (χ4n) is 1.76. The quantitative estimate of drug-likeness (QED) is 0.670. The largest absolute Gasteiger partial charge is 0.465 e. The van der Waals surface area contributed by atoms with Gasteiger partial charge in [0.2, 0.25) is 0 Å². The number of hydrogen-bond acceptors (Lipinski definition) is 5. The third kappa shape index (κ3) is 3.17. The molecule has 1 aromatic carbocycles. The maximum absolute atomic E-state index is 12.3. The van der Waals surface area contributed by atoms with Crippen LogP contribution in [0.5, 0.6) is 0 Å². The number of ether oxygens (including phenoxy) is 1. The van der Waals surface area contributed by atoms with Crippen LogP contribution in [0.4, 0.5) is 11.4 Å². The van der Waals surface area contributed by atoms with Crippen LogP contribution in [0.3, 0.4) is 0 Å². The minimum absolute atomic E-state index is 0.271. The number of nitrogen functional groups attached to an aromatic ring is 1. The minimum Gasteiger partial charge on any atom is -0.465 e. The lowest BCUT2D eigenvalue weighted by atomic mass is 10.1. The van der Waals surface area contributed by atoms with Gasteiger partial charge in [0.1, 0.15) is 4.88 Å². The van der Waals surface area contributed by atoms with E-state index >= 15 is 0 Å². The summed E-state index contributed by atoms with van der Waals surface area (Å²) < 4.78 is 4.70. The number of esters is 1. The minimum atomic E-state index is -0.493. The zero-order chi connectivity index (χ0) is 15.6. The number of carbonyl (C=O) groups excluding carboxylic acids is 2. The van der Waals surface area contributed by atoms with Gasteiger partial charge in [-0.15, -0.1) is 11.3 Å². The van der Waals surface area contributed by atoms with Crippen LogP contribution in [-0.2, 0) is 4.74 Å². The summed E-state index contributed by atoms with van der Waals surface area (Å²) in [7, 11) is 1.29. The lowest BCUT2D eigenvalue weighted by Crippen LogP contribution is -2.16. The smallest absolute Gasteiger partial charge is 0.350 e. The Bertz CT molecular complexity index is 712. The molecule has 2 rings (SSSR count). The third-order valence-corrected chi connectivity index (χ3v) is 4.16. The molecule has 110 valence electrons. The van der Waals surface area contributed by atoms with Gasteiger partial charge in [0.25, 0.3) is 5.91 Å². The van der Waals surface area contributed by atoms with E-state index in [0.717, 1.165) is 5.56 Å². The number of rotatable bonds is 3. The van der Waals surface area contributed by atoms with Crippen molar-refractivity contribution in [2.75, 3.05) is 18.2 Å². The number of amides is 1. The number of nitrogens with two attached hydrogens (primary N) is 1. The Morgan fingerprint density at radius 1 is 1.38 bits per heavy atom. The molecule has 0 spiro atoms. The van der Waals surface area contributed by atoms with Crippen molar-refractivity contribution < 1.29 is 14.3 Å². The molecule has 0 aliphatic carbocycles. The van der Waals surface area contributed by atoms with Gasteiger partial charge < -0.3 is 15.8 Å². The van der Waals surface area contributed by atoms with E-state index in [4.69, 9.17) is 22.1 Å². The standard InChI is InChI=1S/C14H13ClN2O3S/c1-7-6-21-12(14(19)20-2)11(7)17-13(18)9-4-3-8(15)5-10(9)16/h3-6H,16H2,1-2H3,(H,17,18). The van der Waals surface area contributed by atoms with Gasteiger partial charge in [-0.3, -0.25) is 4.79 Å². The molecule has 0 fully saturated rings. The number of aryl methyl sites for hydroxylation is 1. The summed E-state index contributed by atoms with van der Waals surface area (Å²) >= 11 is 7.02. The first-order valence-electron chi connectivity index (χ1n) is 5.96. The molecule has 0 bridgehead atoms. The van der Waals surface area contributed by atoms with Crippen molar-refractivity contribution in [1.82, 2.24) is 0 Å². The summed E-state index contributed by atoms with van der Waals surface area (Å²) in [4.78, 5) is 24.3. The van der Waals surface area contributed by atoms with Crippen molar-refractivity contribution in [3.05, 3.63) is 44.6 Å². The predicted molar refractivity (Wildman–Crippen MR) is 84.2 cm³/mol. The molecule has 0 aliphatic rings. The highest BCUT2D eigenvalue weighted by molar-refractivity contribution is 7.12. The Labute approximate surface area is 130 Å². The molecule has 0 aliphatic heterocycles. The van der Waals surface area contributed by atoms with Crippen LogP contribution in [0, 0.1) is 6.92 Å². The first-order valence-corrected chi connectivity index (χ1v) is 7.22. The zero-order valence-corrected chi connectivity index (χ0v) is 13.0. The van der Waals surface area contributed by atoms with Gasteiger partial charge >= 0.3 is 5.97 Å².